The molecule has 2 aliphatic heterocycles. The molecule has 0 bridgehead atoms. The lowest BCUT2D eigenvalue weighted by Gasteiger charge is -2.14. The Bertz CT molecular complexity index is 1150. The maximum atomic E-state index is 13.0. The molecule has 0 radical (unpaired) electrons. The van der Waals surface area contributed by atoms with E-state index in [9.17, 15) is 4.79 Å². The predicted molar refractivity (Wildman–Crippen MR) is 108 cm³/mol. The molecule has 0 saturated heterocycles. The van der Waals surface area contributed by atoms with Crippen molar-refractivity contribution in [1.29, 1.82) is 0 Å². The SMILES string of the molecule is O=C1Nc2c(C3=CC=CC=CN3)cccc2C1c1ccnc2ccccc12. The van der Waals surface area contributed by atoms with Crippen LogP contribution >= 0.6 is 0 Å². The number of pyridine rings is 1. The number of hydrogen-bond donors (Lipinski definition) is 2. The quantitative estimate of drug-likeness (QED) is 0.722. The molecule has 1 aromatic heterocycles. The van der Waals surface area contributed by atoms with Gasteiger partial charge in [-0.2, -0.15) is 0 Å². The zero-order chi connectivity index (χ0) is 18.2. The van der Waals surface area contributed by atoms with Crippen LogP contribution in [0.1, 0.15) is 22.6 Å². The van der Waals surface area contributed by atoms with E-state index in [4.69, 9.17) is 0 Å². The molecule has 3 aromatic rings. The third kappa shape index (κ3) is 2.54. The lowest BCUT2D eigenvalue weighted by molar-refractivity contribution is -0.116. The van der Waals surface area contributed by atoms with Crippen LogP contribution in [0.5, 0.6) is 0 Å². The molecule has 4 nitrogen and oxygen atoms in total. The summed E-state index contributed by atoms with van der Waals surface area (Å²) < 4.78 is 0. The summed E-state index contributed by atoms with van der Waals surface area (Å²) >= 11 is 0. The zero-order valence-corrected chi connectivity index (χ0v) is 14.5. The molecule has 1 atom stereocenters. The van der Waals surface area contributed by atoms with Crippen molar-refractivity contribution in [2.24, 2.45) is 0 Å². The van der Waals surface area contributed by atoms with Gasteiger partial charge in [0.05, 0.1) is 17.1 Å². The van der Waals surface area contributed by atoms with Gasteiger partial charge in [0.25, 0.3) is 0 Å². The van der Waals surface area contributed by atoms with Gasteiger partial charge in [-0.1, -0.05) is 48.6 Å². The Labute approximate surface area is 156 Å². The van der Waals surface area contributed by atoms with Gasteiger partial charge in [0.15, 0.2) is 0 Å². The van der Waals surface area contributed by atoms with Crippen molar-refractivity contribution in [1.82, 2.24) is 10.3 Å². The van der Waals surface area contributed by atoms with E-state index in [1.54, 1.807) is 6.20 Å². The average Bonchev–Trinajstić information content (AvgIpc) is 2.86. The first kappa shape index (κ1) is 15.6. The standard InChI is InChI=1S/C23H17N3O/c27-23-21(16-12-14-25-19-11-4-3-7-15(16)19)18-9-6-8-17(22(18)26-23)20-10-2-1-5-13-24-20/h1-14,21,24H,(H,26,27). The fraction of sp³-hybridized carbons (Fsp3) is 0.0435. The van der Waals surface area contributed by atoms with Crippen molar-refractivity contribution in [3.8, 4) is 0 Å². The number of fused-ring (bicyclic) bond motifs is 2. The van der Waals surface area contributed by atoms with Gasteiger partial charge in [0.2, 0.25) is 5.91 Å². The van der Waals surface area contributed by atoms with Crippen LogP contribution in [-0.2, 0) is 4.79 Å². The minimum Gasteiger partial charge on any atom is -0.361 e. The number of nitrogens with zero attached hydrogens (tertiary/aromatic N) is 1. The lowest BCUT2D eigenvalue weighted by atomic mass is 9.89. The summed E-state index contributed by atoms with van der Waals surface area (Å²) in [6, 6.07) is 16.0. The third-order valence-corrected chi connectivity index (χ3v) is 5.02. The van der Waals surface area contributed by atoms with Gasteiger partial charge in [0.1, 0.15) is 0 Å². The molecule has 0 spiro atoms. The van der Waals surface area contributed by atoms with Gasteiger partial charge >= 0.3 is 0 Å². The van der Waals surface area contributed by atoms with Gasteiger partial charge in [-0.3, -0.25) is 9.78 Å². The molecule has 0 aliphatic carbocycles. The lowest BCUT2D eigenvalue weighted by Crippen LogP contribution is -2.14. The van der Waals surface area contributed by atoms with Crippen molar-refractivity contribution in [3.05, 3.63) is 102 Å². The molecule has 2 aromatic carbocycles. The minimum atomic E-state index is -0.342. The number of aromatic nitrogens is 1. The first-order chi connectivity index (χ1) is 13.3. The van der Waals surface area contributed by atoms with Crippen LogP contribution in [0.3, 0.4) is 0 Å². The molecule has 4 heteroatoms. The highest BCUT2D eigenvalue weighted by molar-refractivity contribution is 6.09. The maximum absolute atomic E-state index is 13.0. The first-order valence-corrected chi connectivity index (χ1v) is 8.91. The Balaban J connectivity index is 1.68. The van der Waals surface area contributed by atoms with Gasteiger partial charge in [-0.05, 0) is 35.4 Å². The molecule has 0 saturated carbocycles. The Morgan fingerprint density at radius 2 is 1.81 bits per heavy atom. The summed E-state index contributed by atoms with van der Waals surface area (Å²) in [4.78, 5) is 17.4. The summed E-state index contributed by atoms with van der Waals surface area (Å²) in [5, 5.41) is 7.40. The zero-order valence-electron chi connectivity index (χ0n) is 14.5. The summed E-state index contributed by atoms with van der Waals surface area (Å²) in [6.45, 7) is 0. The van der Waals surface area contributed by atoms with E-state index >= 15 is 0 Å². The molecule has 3 heterocycles. The van der Waals surface area contributed by atoms with Crippen molar-refractivity contribution in [2.45, 2.75) is 5.92 Å². The fourth-order valence-electron chi connectivity index (χ4n) is 3.81. The predicted octanol–water partition coefficient (Wildman–Crippen LogP) is 4.33. The van der Waals surface area contributed by atoms with Gasteiger partial charge in [-0.25, -0.2) is 0 Å². The first-order valence-electron chi connectivity index (χ1n) is 8.91. The number of anilines is 1. The number of amides is 1. The second-order valence-corrected chi connectivity index (χ2v) is 6.58. The number of hydrogen-bond acceptors (Lipinski definition) is 3. The molecule has 2 N–H and O–H groups in total. The Morgan fingerprint density at radius 3 is 2.78 bits per heavy atom. The smallest absolute Gasteiger partial charge is 0.236 e. The van der Waals surface area contributed by atoms with Crippen LogP contribution in [0, 0.1) is 0 Å². The summed E-state index contributed by atoms with van der Waals surface area (Å²) in [6.07, 6.45) is 11.6. The molecule has 27 heavy (non-hydrogen) atoms. The molecule has 1 unspecified atom stereocenters. The highest BCUT2D eigenvalue weighted by Gasteiger charge is 2.34. The van der Waals surface area contributed by atoms with E-state index in [2.05, 4.69) is 15.6 Å². The molecule has 130 valence electrons. The minimum absolute atomic E-state index is 0.00545. The van der Waals surface area contributed by atoms with E-state index in [-0.39, 0.29) is 11.8 Å². The van der Waals surface area contributed by atoms with E-state index < -0.39 is 0 Å². The summed E-state index contributed by atoms with van der Waals surface area (Å²) in [5.74, 6) is -0.348. The van der Waals surface area contributed by atoms with Crippen molar-refractivity contribution in [2.75, 3.05) is 5.32 Å². The highest BCUT2D eigenvalue weighted by atomic mass is 16.2. The van der Waals surface area contributed by atoms with Crippen molar-refractivity contribution >= 4 is 28.2 Å². The Morgan fingerprint density at radius 1 is 0.889 bits per heavy atom. The van der Waals surface area contributed by atoms with E-state index in [0.717, 1.165) is 39.0 Å². The number of rotatable bonds is 2. The van der Waals surface area contributed by atoms with Crippen LogP contribution < -0.4 is 10.6 Å². The normalized spacial score (nSPS) is 17.9. The molecular formula is C23H17N3O. The second-order valence-electron chi connectivity index (χ2n) is 6.58. The number of para-hydroxylation sites is 2. The van der Waals surface area contributed by atoms with E-state index in [1.807, 2.05) is 79.0 Å². The molecule has 2 aliphatic rings. The fourth-order valence-corrected chi connectivity index (χ4v) is 3.81. The van der Waals surface area contributed by atoms with Crippen LogP contribution in [0.2, 0.25) is 0 Å². The topological polar surface area (TPSA) is 54.0 Å². The van der Waals surface area contributed by atoms with Crippen LogP contribution in [0.15, 0.2) is 85.2 Å². The monoisotopic (exact) mass is 351 g/mol. The Hall–Kier alpha value is -3.66. The van der Waals surface area contributed by atoms with Crippen LogP contribution in [0.25, 0.3) is 16.6 Å². The summed E-state index contributed by atoms with van der Waals surface area (Å²) in [7, 11) is 0. The second kappa shape index (κ2) is 6.25. The largest absolute Gasteiger partial charge is 0.361 e. The van der Waals surface area contributed by atoms with Crippen molar-refractivity contribution < 1.29 is 4.79 Å². The number of allylic oxidation sites excluding steroid dienone is 4. The molecule has 5 rings (SSSR count). The van der Waals surface area contributed by atoms with Gasteiger partial charge in [-0.15, -0.1) is 0 Å². The number of benzene rings is 2. The highest BCUT2D eigenvalue weighted by Crippen LogP contribution is 2.42. The van der Waals surface area contributed by atoms with Gasteiger partial charge in [0, 0.05) is 29.0 Å². The Kier molecular flexibility index (Phi) is 3.61. The average molecular weight is 351 g/mol. The van der Waals surface area contributed by atoms with E-state index in [0.29, 0.717) is 0 Å². The van der Waals surface area contributed by atoms with Crippen LogP contribution in [0.4, 0.5) is 5.69 Å². The number of carbonyl (C=O) groups excluding carboxylic acids is 1. The molecular weight excluding hydrogens is 334 g/mol. The van der Waals surface area contributed by atoms with Crippen molar-refractivity contribution in [3.63, 3.8) is 0 Å². The molecule has 0 fully saturated rings. The van der Waals surface area contributed by atoms with Crippen LogP contribution in [-0.4, -0.2) is 10.9 Å². The third-order valence-electron chi connectivity index (χ3n) is 5.02. The number of nitrogens with one attached hydrogen (secondary N) is 2. The molecule has 1 amide bonds. The summed E-state index contributed by atoms with van der Waals surface area (Å²) in [5.41, 5.74) is 5.69. The number of carbonyl (C=O) groups is 1. The van der Waals surface area contributed by atoms with Gasteiger partial charge < -0.3 is 10.6 Å². The maximum Gasteiger partial charge on any atom is 0.236 e. The van der Waals surface area contributed by atoms with E-state index in [1.165, 1.54) is 0 Å².